The van der Waals surface area contributed by atoms with Crippen molar-refractivity contribution in [3.05, 3.63) is 94.5 Å². The largest absolute Gasteiger partial charge is 0.0616 e. The molecular weight excluding hydrogens is 264 g/mol. The predicted molar refractivity (Wildman–Crippen MR) is 94.8 cm³/mol. The first kappa shape index (κ1) is 13.1. The Hall–Kier alpha value is -2.60. The van der Waals surface area contributed by atoms with Crippen molar-refractivity contribution in [2.45, 2.75) is 13.8 Å². The van der Waals surface area contributed by atoms with E-state index in [1.54, 1.807) is 0 Å². The zero-order valence-electron chi connectivity index (χ0n) is 12.9. The SMILES string of the molecule is Cc1ccc(C=C2c3ccccc3-c3ccc(C)cc32)cc1. The Bertz CT molecular complexity index is 880. The van der Waals surface area contributed by atoms with Crippen molar-refractivity contribution in [1.29, 1.82) is 0 Å². The van der Waals surface area contributed by atoms with Crippen LogP contribution < -0.4 is 0 Å². The van der Waals surface area contributed by atoms with E-state index in [1.807, 2.05) is 0 Å². The molecule has 0 aliphatic heterocycles. The van der Waals surface area contributed by atoms with Gasteiger partial charge in [-0.15, -0.1) is 0 Å². The minimum atomic E-state index is 1.25. The molecule has 0 saturated heterocycles. The maximum absolute atomic E-state index is 2.31. The van der Waals surface area contributed by atoms with Gasteiger partial charge >= 0.3 is 0 Å². The molecule has 0 spiro atoms. The summed E-state index contributed by atoms with van der Waals surface area (Å²) in [6.07, 6.45) is 2.31. The van der Waals surface area contributed by atoms with Gasteiger partial charge in [0.05, 0.1) is 0 Å². The fourth-order valence-corrected chi connectivity index (χ4v) is 3.20. The highest BCUT2D eigenvalue weighted by Gasteiger charge is 2.22. The second-order valence-corrected chi connectivity index (χ2v) is 6.06. The first-order valence-corrected chi connectivity index (χ1v) is 7.71. The average molecular weight is 282 g/mol. The molecule has 0 unspecified atom stereocenters. The first-order valence-electron chi connectivity index (χ1n) is 7.71. The van der Waals surface area contributed by atoms with Crippen LogP contribution in [-0.4, -0.2) is 0 Å². The summed E-state index contributed by atoms with van der Waals surface area (Å²) in [7, 11) is 0. The van der Waals surface area contributed by atoms with Gasteiger partial charge in [-0.3, -0.25) is 0 Å². The van der Waals surface area contributed by atoms with E-state index >= 15 is 0 Å². The van der Waals surface area contributed by atoms with E-state index in [9.17, 15) is 0 Å². The molecule has 3 aromatic carbocycles. The quantitative estimate of drug-likeness (QED) is 0.409. The van der Waals surface area contributed by atoms with Gasteiger partial charge in [0.2, 0.25) is 0 Å². The average Bonchev–Trinajstić information content (AvgIpc) is 2.83. The highest BCUT2D eigenvalue weighted by molar-refractivity contribution is 6.06. The second kappa shape index (κ2) is 4.99. The van der Waals surface area contributed by atoms with Crippen LogP contribution in [0.5, 0.6) is 0 Å². The van der Waals surface area contributed by atoms with E-state index in [1.165, 1.54) is 44.5 Å². The topological polar surface area (TPSA) is 0 Å². The molecule has 0 heterocycles. The van der Waals surface area contributed by atoms with E-state index in [4.69, 9.17) is 0 Å². The second-order valence-electron chi connectivity index (χ2n) is 6.06. The lowest BCUT2D eigenvalue weighted by Gasteiger charge is -2.05. The number of aryl methyl sites for hydroxylation is 2. The molecule has 0 nitrogen and oxygen atoms in total. The normalized spacial score (nSPS) is 14.0. The molecule has 0 saturated carbocycles. The molecule has 0 bridgehead atoms. The van der Waals surface area contributed by atoms with Crippen molar-refractivity contribution in [3.63, 3.8) is 0 Å². The maximum Gasteiger partial charge on any atom is -0.00929 e. The molecule has 0 atom stereocenters. The van der Waals surface area contributed by atoms with E-state index in [2.05, 4.69) is 86.7 Å². The first-order chi connectivity index (χ1) is 10.7. The fraction of sp³-hybridized carbons (Fsp3) is 0.0909. The third kappa shape index (κ3) is 2.08. The van der Waals surface area contributed by atoms with Crippen LogP contribution in [0, 0.1) is 13.8 Å². The number of benzene rings is 3. The zero-order chi connectivity index (χ0) is 15.1. The van der Waals surface area contributed by atoms with Crippen LogP contribution in [-0.2, 0) is 0 Å². The Morgan fingerprint density at radius 1 is 0.591 bits per heavy atom. The fourth-order valence-electron chi connectivity index (χ4n) is 3.20. The van der Waals surface area contributed by atoms with Crippen molar-refractivity contribution in [2.24, 2.45) is 0 Å². The lowest BCUT2D eigenvalue weighted by Crippen LogP contribution is -1.83. The molecular formula is C22H18. The number of hydrogen-bond acceptors (Lipinski definition) is 0. The smallest absolute Gasteiger partial charge is 0.00929 e. The molecule has 0 N–H and O–H groups in total. The van der Waals surface area contributed by atoms with Gasteiger partial charge < -0.3 is 0 Å². The monoisotopic (exact) mass is 282 g/mol. The molecule has 0 aromatic heterocycles. The molecule has 0 radical (unpaired) electrons. The maximum atomic E-state index is 2.31. The third-order valence-corrected chi connectivity index (χ3v) is 4.36. The van der Waals surface area contributed by atoms with E-state index in [0.717, 1.165) is 0 Å². The van der Waals surface area contributed by atoms with Crippen LogP contribution in [0.3, 0.4) is 0 Å². The number of rotatable bonds is 1. The van der Waals surface area contributed by atoms with Crippen LogP contribution in [0.4, 0.5) is 0 Å². The highest BCUT2D eigenvalue weighted by atomic mass is 14.3. The van der Waals surface area contributed by atoms with Crippen molar-refractivity contribution in [1.82, 2.24) is 0 Å². The zero-order valence-corrected chi connectivity index (χ0v) is 12.9. The van der Waals surface area contributed by atoms with Crippen molar-refractivity contribution in [3.8, 4) is 11.1 Å². The van der Waals surface area contributed by atoms with Crippen molar-refractivity contribution in [2.75, 3.05) is 0 Å². The molecule has 22 heavy (non-hydrogen) atoms. The van der Waals surface area contributed by atoms with Crippen molar-refractivity contribution < 1.29 is 0 Å². The van der Waals surface area contributed by atoms with Crippen LogP contribution >= 0.6 is 0 Å². The third-order valence-electron chi connectivity index (χ3n) is 4.36. The number of hydrogen-bond donors (Lipinski definition) is 0. The molecule has 0 heteroatoms. The Morgan fingerprint density at radius 3 is 2.00 bits per heavy atom. The lowest BCUT2D eigenvalue weighted by atomic mass is 9.99. The lowest BCUT2D eigenvalue weighted by molar-refractivity contribution is 1.46. The summed E-state index contributed by atoms with van der Waals surface area (Å²) in [6.45, 7) is 4.28. The Kier molecular flexibility index (Phi) is 2.97. The van der Waals surface area contributed by atoms with E-state index < -0.39 is 0 Å². The Morgan fingerprint density at radius 2 is 1.23 bits per heavy atom. The van der Waals surface area contributed by atoms with E-state index in [-0.39, 0.29) is 0 Å². The summed E-state index contributed by atoms with van der Waals surface area (Å²) < 4.78 is 0. The highest BCUT2D eigenvalue weighted by Crippen LogP contribution is 2.45. The Labute approximate surface area is 131 Å². The standard InChI is InChI=1S/C22H18/c1-15-7-10-17(11-8-15)14-22-19-6-4-3-5-18(19)20-12-9-16(2)13-21(20)22/h3-14H,1-2H3. The van der Waals surface area contributed by atoms with Crippen LogP contribution in [0.2, 0.25) is 0 Å². The van der Waals surface area contributed by atoms with Gasteiger partial charge in [-0.25, -0.2) is 0 Å². The van der Waals surface area contributed by atoms with Gasteiger partial charge in [0, 0.05) is 0 Å². The predicted octanol–water partition coefficient (Wildman–Crippen LogP) is 5.87. The van der Waals surface area contributed by atoms with Crippen LogP contribution in [0.1, 0.15) is 27.8 Å². The minimum absolute atomic E-state index is 1.25. The van der Waals surface area contributed by atoms with Crippen molar-refractivity contribution >= 4 is 11.6 Å². The van der Waals surface area contributed by atoms with Gasteiger partial charge in [0.25, 0.3) is 0 Å². The molecule has 4 rings (SSSR count). The molecule has 3 aromatic rings. The molecule has 106 valence electrons. The molecule has 1 aliphatic rings. The molecule has 0 amide bonds. The van der Waals surface area contributed by atoms with Crippen LogP contribution in [0.15, 0.2) is 66.7 Å². The summed E-state index contributed by atoms with van der Waals surface area (Å²) >= 11 is 0. The van der Waals surface area contributed by atoms with E-state index in [0.29, 0.717) is 0 Å². The summed E-state index contributed by atoms with van der Waals surface area (Å²) in [4.78, 5) is 0. The van der Waals surface area contributed by atoms with Gasteiger partial charge in [0.15, 0.2) is 0 Å². The summed E-state index contributed by atoms with van der Waals surface area (Å²) in [5.41, 5.74) is 10.6. The summed E-state index contributed by atoms with van der Waals surface area (Å²) in [5, 5.41) is 0. The summed E-state index contributed by atoms with van der Waals surface area (Å²) in [6, 6.07) is 24.2. The van der Waals surface area contributed by atoms with Gasteiger partial charge in [-0.2, -0.15) is 0 Å². The van der Waals surface area contributed by atoms with Gasteiger partial charge in [0.1, 0.15) is 0 Å². The minimum Gasteiger partial charge on any atom is -0.0616 e. The van der Waals surface area contributed by atoms with Gasteiger partial charge in [-0.1, -0.05) is 77.9 Å². The Balaban J connectivity index is 1.96. The molecule has 0 fully saturated rings. The number of fused-ring (bicyclic) bond motifs is 3. The molecule has 1 aliphatic carbocycles. The van der Waals surface area contributed by atoms with Crippen LogP contribution in [0.25, 0.3) is 22.8 Å². The summed E-state index contributed by atoms with van der Waals surface area (Å²) in [5.74, 6) is 0. The van der Waals surface area contributed by atoms with Gasteiger partial charge in [-0.05, 0) is 53.3 Å².